The Bertz CT molecular complexity index is 1790. The number of aryl methyl sites for hydroxylation is 2. The number of pyridine rings is 1. The van der Waals surface area contributed by atoms with E-state index in [1.165, 1.54) is 0 Å². The summed E-state index contributed by atoms with van der Waals surface area (Å²) in [5.74, 6) is 1.81. The van der Waals surface area contributed by atoms with Gasteiger partial charge >= 0.3 is 0 Å². The maximum absolute atomic E-state index is 13.9. The fraction of sp³-hybridized carbons (Fsp3) is 0.432. The molecule has 1 saturated heterocycles. The smallest absolute Gasteiger partial charge is 0.228 e. The minimum atomic E-state index is -0.464. The van der Waals surface area contributed by atoms with Gasteiger partial charge in [0.25, 0.3) is 0 Å². The van der Waals surface area contributed by atoms with Crippen LogP contribution in [0.15, 0.2) is 67.3 Å². The van der Waals surface area contributed by atoms with E-state index in [0.29, 0.717) is 61.2 Å². The third-order valence-corrected chi connectivity index (χ3v) is 9.69. The van der Waals surface area contributed by atoms with E-state index in [2.05, 4.69) is 38.5 Å². The van der Waals surface area contributed by atoms with Crippen molar-refractivity contribution in [3.63, 3.8) is 0 Å². The summed E-state index contributed by atoms with van der Waals surface area (Å²) in [6.07, 6.45) is 12.8. The van der Waals surface area contributed by atoms with Crippen molar-refractivity contribution in [1.29, 1.82) is 10.7 Å². The van der Waals surface area contributed by atoms with Crippen molar-refractivity contribution >= 4 is 29.2 Å². The SMILES string of the molecule is COC1(CC(C)=N)CCN(c2nc(N[C@H]3CC[C@H](N(C(=O)CCc4ccccc4)c4ccc(-c5cnn(C)c5)cn4)CC3)ncc2C#N)C1. The monoisotopic (exact) mass is 660 g/mol. The zero-order chi connectivity index (χ0) is 34.4. The molecular weight excluding hydrogens is 616 g/mol. The van der Waals surface area contributed by atoms with Crippen LogP contribution in [-0.4, -0.2) is 74.2 Å². The minimum absolute atomic E-state index is 0.0135. The lowest BCUT2D eigenvalue weighted by atomic mass is 9.89. The summed E-state index contributed by atoms with van der Waals surface area (Å²) in [5.41, 5.74) is 3.59. The molecule has 2 fully saturated rings. The molecule has 4 aromatic rings. The Balaban J connectivity index is 1.14. The molecule has 3 aromatic heterocycles. The lowest BCUT2D eigenvalue weighted by molar-refractivity contribution is -0.119. The Labute approximate surface area is 287 Å². The average molecular weight is 661 g/mol. The van der Waals surface area contributed by atoms with Crippen LogP contribution in [0.1, 0.15) is 63.0 Å². The average Bonchev–Trinajstić information content (AvgIpc) is 3.75. The highest BCUT2D eigenvalue weighted by Gasteiger charge is 2.40. The van der Waals surface area contributed by atoms with Gasteiger partial charge in [-0.15, -0.1) is 0 Å². The summed E-state index contributed by atoms with van der Waals surface area (Å²) in [6.45, 7) is 3.03. The highest BCUT2D eigenvalue weighted by molar-refractivity contribution is 5.93. The molecule has 4 heterocycles. The maximum atomic E-state index is 13.9. The number of carbonyl (C=O) groups is 1. The highest BCUT2D eigenvalue weighted by Crippen LogP contribution is 2.34. The molecule has 1 saturated carbocycles. The Morgan fingerprint density at radius 1 is 1.10 bits per heavy atom. The molecule has 1 unspecified atom stereocenters. The fourth-order valence-corrected chi connectivity index (χ4v) is 7.12. The standard InChI is InChI=1S/C37H44N10O2/c1-26(39)19-37(49-3)17-18-46(25-37)35-29(20-38)22-41-36(44-35)43-31-11-13-32(14-12-31)47(34(48)16-9-27-7-5-4-6-8-27)33-15-10-28(21-40-33)30-23-42-45(2)24-30/h4-8,10,15,21-24,31-32,39H,9,11-14,16-19,25H2,1-3H3,(H,41,43,44)/t31-,32-,37?. The number of nitriles is 1. The van der Waals surface area contributed by atoms with Gasteiger partial charge in [0.15, 0.2) is 5.82 Å². The number of nitrogens with one attached hydrogen (secondary N) is 2. The van der Waals surface area contributed by atoms with Gasteiger partial charge in [-0.2, -0.15) is 15.3 Å². The Morgan fingerprint density at radius 2 is 1.90 bits per heavy atom. The Hall–Kier alpha value is -5.15. The Kier molecular flexibility index (Phi) is 10.3. The van der Waals surface area contributed by atoms with E-state index in [1.807, 2.05) is 60.9 Å². The molecule has 12 heteroatoms. The zero-order valence-electron chi connectivity index (χ0n) is 28.5. The third-order valence-electron chi connectivity index (χ3n) is 9.69. The number of amides is 1. The van der Waals surface area contributed by atoms with Crippen LogP contribution in [0.3, 0.4) is 0 Å². The van der Waals surface area contributed by atoms with Gasteiger partial charge in [-0.1, -0.05) is 30.3 Å². The number of hydrogen-bond donors (Lipinski definition) is 2. The van der Waals surface area contributed by atoms with Gasteiger partial charge < -0.3 is 20.4 Å². The van der Waals surface area contributed by atoms with Crippen LogP contribution in [-0.2, 0) is 23.0 Å². The molecular formula is C37H44N10O2. The van der Waals surface area contributed by atoms with Gasteiger partial charge in [0.1, 0.15) is 17.5 Å². The van der Waals surface area contributed by atoms with Crippen LogP contribution >= 0.6 is 0 Å². The quantitative estimate of drug-likeness (QED) is 0.186. The molecule has 1 amide bonds. The molecule has 12 nitrogen and oxygen atoms in total. The maximum Gasteiger partial charge on any atom is 0.228 e. The molecule has 1 atom stereocenters. The molecule has 0 spiro atoms. The topological polar surface area (TPSA) is 149 Å². The van der Waals surface area contributed by atoms with Crippen molar-refractivity contribution in [2.24, 2.45) is 7.05 Å². The van der Waals surface area contributed by atoms with E-state index in [9.17, 15) is 10.1 Å². The summed E-state index contributed by atoms with van der Waals surface area (Å²) < 4.78 is 7.63. The zero-order valence-corrected chi connectivity index (χ0v) is 28.5. The number of rotatable bonds is 12. The van der Waals surface area contributed by atoms with Crippen molar-refractivity contribution < 1.29 is 9.53 Å². The van der Waals surface area contributed by atoms with Gasteiger partial charge in [0, 0.05) is 81.4 Å². The first-order valence-electron chi connectivity index (χ1n) is 16.9. The van der Waals surface area contributed by atoms with Gasteiger partial charge in [-0.25, -0.2) is 9.97 Å². The van der Waals surface area contributed by atoms with Crippen LogP contribution in [0.25, 0.3) is 11.1 Å². The van der Waals surface area contributed by atoms with E-state index in [4.69, 9.17) is 20.1 Å². The van der Waals surface area contributed by atoms with Crippen LogP contribution < -0.4 is 15.1 Å². The number of nitrogens with zero attached hydrogens (tertiary/aromatic N) is 8. The normalized spacial score (nSPS) is 20.5. The molecule has 2 aliphatic rings. The van der Waals surface area contributed by atoms with Crippen LogP contribution in [0.4, 0.5) is 17.6 Å². The second-order valence-electron chi connectivity index (χ2n) is 13.3. The number of anilines is 3. The lowest BCUT2D eigenvalue weighted by Crippen LogP contribution is -2.45. The summed E-state index contributed by atoms with van der Waals surface area (Å²) in [4.78, 5) is 31.9. The lowest BCUT2D eigenvalue weighted by Gasteiger charge is -2.36. The van der Waals surface area contributed by atoms with Gasteiger partial charge in [-0.3, -0.25) is 14.4 Å². The van der Waals surface area contributed by atoms with Gasteiger partial charge in [0.2, 0.25) is 11.9 Å². The molecule has 1 aromatic carbocycles. The summed E-state index contributed by atoms with van der Waals surface area (Å²) in [7, 11) is 3.57. The van der Waals surface area contributed by atoms with Gasteiger partial charge in [0.05, 0.1) is 18.0 Å². The summed E-state index contributed by atoms with van der Waals surface area (Å²) in [6, 6.07) is 16.4. The number of hydrogen-bond acceptors (Lipinski definition) is 10. The molecule has 6 rings (SSSR count). The van der Waals surface area contributed by atoms with Crippen molar-refractivity contribution in [1.82, 2.24) is 24.7 Å². The highest BCUT2D eigenvalue weighted by atomic mass is 16.5. The molecule has 254 valence electrons. The first kappa shape index (κ1) is 33.7. The molecule has 49 heavy (non-hydrogen) atoms. The molecule has 0 radical (unpaired) electrons. The van der Waals surface area contributed by atoms with E-state index in [1.54, 1.807) is 24.9 Å². The minimum Gasteiger partial charge on any atom is -0.376 e. The first-order valence-corrected chi connectivity index (χ1v) is 16.9. The van der Waals surface area contributed by atoms with Crippen LogP contribution in [0.2, 0.25) is 0 Å². The van der Waals surface area contributed by atoms with Gasteiger partial charge in [-0.05, 0) is 63.1 Å². The van der Waals surface area contributed by atoms with E-state index in [0.717, 1.165) is 48.8 Å². The summed E-state index contributed by atoms with van der Waals surface area (Å²) >= 11 is 0. The largest absolute Gasteiger partial charge is 0.376 e. The predicted molar refractivity (Wildman–Crippen MR) is 190 cm³/mol. The van der Waals surface area contributed by atoms with E-state index in [-0.39, 0.29) is 18.0 Å². The fourth-order valence-electron chi connectivity index (χ4n) is 7.12. The van der Waals surface area contributed by atoms with E-state index >= 15 is 0 Å². The Morgan fingerprint density at radius 3 is 2.55 bits per heavy atom. The van der Waals surface area contributed by atoms with Crippen LogP contribution in [0.5, 0.6) is 0 Å². The number of ether oxygens (including phenoxy) is 1. The van der Waals surface area contributed by atoms with Crippen molar-refractivity contribution in [3.05, 3.63) is 78.4 Å². The molecule has 0 bridgehead atoms. The van der Waals surface area contributed by atoms with Crippen molar-refractivity contribution in [3.8, 4) is 17.2 Å². The van der Waals surface area contributed by atoms with Crippen LogP contribution in [0, 0.1) is 16.7 Å². The number of benzene rings is 1. The molecule has 1 aliphatic carbocycles. The van der Waals surface area contributed by atoms with Crippen molar-refractivity contribution in [2.45, 2.75) is 76.0 Å². The molecule has 2 N–H and O–H groups in total. The second-order valence-corrected chi connectivity index (χ2v) is 13.3. The number of methoxy groups -OCH3 is 1. The number of aromatic nitrogens is 5. The first-order chi connectivity index (χ1) is 23.8. The van der Waals surface area contributed by atoms with Crippen molar-refractivity contribution in [2.75, 3.05) is 35.3 Å². The predicted octanol–water partition coefficient (Wildman–Crippen LogP) is 5.56. The van der Waals surface area contributed by atoms with E-state index < -0.39 is 5.60 Å². The second kappa shape index (κ2) is 15.0. The summed E-state index contributed by atoms with van der Waals surface area (Å²) in [5, 5.41) is 25.6. The molecule has 1 aliphatic heterocycles. The number of carbonyl (C=O) groups excluding carboxylic acids is 1. The third kappa shape index (κ3) is 7.95.